The van der Waals surface area contributed by atoms with Gasteiger partial charge in [0, 0.05) is 5.57 Å². The molecular formula is C13H13N. The van der Waals surface area contributed by atoms with Crippen LogP contribution in [0.2, 0.25) is 0 Å². The highest BCUT2D eigenvalue weighted by Crippen LogP contribution is 2.28. The minimum absolute atomic E-state index is 0.903. The third kappa shape index (κ3) is 1.85. The van der Waals surface area contributed by atoms with Gasteiger partial charge in [-0.05, 0) is 42.9 Å². The van der Waals surface area contributed by atoms with Gasteiger partial charge in [0.1, 0.15) is 0 Å². The zero-order valence-corrected chi connectivity index (χ0v) is 8.16. The van der Waals surface area contributed by atoms with E-state index in [9.17, 15) is 0 Å². The van der Waals surface area contributed by atoms with E-state index in [-0.39, 0.29) is 0 Å². The third-order valence-electron chi connectivity index (χ3n) is 2.72. The first-order chi connectivity index (χ1) is 6.90. The van der Waals surface area contributed by atoms with Crippen molar-refractivity contribution in [2.24, 2.45) is 0 Å². The van der Waals surface area contributed by atoms with E-state index in [1.165, 1.54) is 11.1 Å². The van der Waals surface area contributed by atoms with E-state index in [0.717, 1.165) is 31.3 Å². The van der Waals surface area contributed by atoms with Crippen LogP contribution in [0.3, 0.4) is 0 Å². The zero-order valence-electron chi connectivity index (χ0n) is 8.16. The quantitative estimate of drug-likeness (QED) is 0.611. The molecule has 0 bridgehead atoms. The summed E-state index contributed by atoms with van der Waals surface area (Å²) >= 11 is 0. The molecule has 0 heterocycles. The van der Waals surface area contributed by atoms with Crippen LogP contribution in [-0.4, -0.2) is 0 Å². The summed E-state index contributed by atoms with van der Waals surface area (Å²) in [5.74, 6) is 0. The molecule has 2 aliphatic rings. The van der Waals surface area contributed by atoms with Crippen LogP contribution in [0.5, 0.6) is 0 Å². The second-order valence-electron chi connectivity index (χ2n) is 3.65. The maximum Gasteiger partial charge on any atom is 0.0947 e. The van der Waals surface area contributed by atoms with Crippen LogP contribution in [0.15, 0.2) is 47.1 Å². The Hall–Kier alpha value is -1.55. The lowest BCUT2D eigenvalue weighted by atomic mass is 9.89. The largest absolute Gasteiger partial charge is 0.193 e. The Bertz CT molecular complexity index is 386. The normalized spacial score (nSPS) is 20.6. The van der Waals surface area contributed by atoms with Crippen molar-refractivity contribution in [2.75, 3.05) is 0 Å². The van der Waals surface area contributed by atoms with Gasteiger partial charge in [-0.3, -0.25) is 0 Å². The Kier molecular flexibility index (Phi) is 2.65. The van der Waals surface area contributed by atoms with Crippen molar-refractivity contribution in [1.82, 2.24) is 0 Å². The van der Waals surface area contributed by atoms with E-state index in [1.807, 2.05) is 6.08 Å². The number of hydrogen-bond donors (Lipinski definition) is 0. The first-order valence-electron chi connectivity index (χ1n) is 5.06. The van der Waals surface area contributed by atoms with Gasteiger partial charge in [-0.15, -0.1) is 0 Å². The van der Waals surface area contributed by atoms with Crippen LogP contribution in [0.4, 0.5) is 0 Å². The van der Waals surface area contributed by atoms with Crippen molar-refractivity contribution in [3.8, 4) is 6.07 Å². The molecule has 2 aliphatic carbocycles. The molecule has 0 aromatic heterocycles. The summed E-state index contributed by atoms with van der Waals surface area (Å²) in [6.07, 6.45) is 14.8. The summed E-state index contributed by atoms with van der Waals surface area (Å²) in [7, 11) is 0. The standard InChI is InChI=1S/C13H13N/c14-10-11-6-8-13(9-7-11)12-4-2-1-3-5-12/h1-2,4,6,8H,3,5,7,9H2. The van der Waals surface area contributed by atoms with E-state index >= 15 is 0 Å². The maximum atomic E-state index is 8.71. The van der Waals surface area contributed by atoms with Crippen molar-refractivity contribution < 1.29 is 0 Å². The molecule has 0 saturated carbocycles. The molecule has 0 radical (unpaired) electrons. The van der Waals surface area contributed by atoms with E-state index in [2.05, 4.69) is 30.4 Å². The molecule has 0 spiro atoms. The molecule has 0 fully saturated rings. The molecule has 0 amide bonds. The smallest absolute Gasteiger partial charge is 0.0947 e. The van der Waals surface area contributed by atoms with Crippen LogP contribution in [0, 0.1) is 11.3 Å². The number of hydrogen-bond acceptors (Lipinski definition) is 1. The second-order valence-corrected chi connectivity index (χ2v) is 3.65. The van der Waals surface area contributed by atoms with Crippen molar-refractivity contribution in [3.63, 3.8) is 0 Å². The Morgan fingerprint density at radius 1 is 1.00 bits per heavy atom. The fraction of sp³-hybridized carbons (Fsp3) is 0.308. The minimum Gasteiger partial charge on any atom is -0.193 e. The van der Waals surface area contributed by atoms with E-state index < -0.39 is 0 Å². The molecule has 0 N–H and O–H groups in total. The van der Waals surface area contributed by atoms with Gasteiger partial charge in [0.15, 0.2) is 0 Å². The summed E-state index contributed by atoms with van der Waals surface area (Å²) in [5, 5.41) is 8.71. The van der Waals surface area contributed by atoms with E-state index in [1.54, 1.807) is 0 Å². The monoisotopic (exact) mass is 183 g/mol. The molecule has 70 valence electrons. The molecular weight excluding hydrogens is 170 g/mol. The molecule has 0 aromatic carbocycles. The Balaban J connectivity index is 2.18. The molecule has 0 unspecified atom stereocenters. The lowest BCUT2D eigenvalue weighted by Crippen LogP contribution is -1.97. The lowest BCUT2D eigenvalue weighted by Gasteiger charge is -2.15. The summed E-state index contributed by atoms with van der Waals surface area (Å²) in [5.41, 5.74) is 3.76. The molecule has 2 rings (SSSR count). The van der Waals surface area contributed by atoms with Gasteiger partial charge in [0.25, 0.3) is 0 Å². The van der Waals surface area contributed by atoms with E-state index in [4.69, 9.17) is 5.26 Å². The van der Waals surface area contributed by atoms with Crippen molar-refractivity contribution in [1.29, 1.82) is 5.26 Å². The van der Waals surface area contributed by atoms with Crippen LogP contribution < -0.4 is 0 Å². The Morgan fingerprint density at radius 3 is 2.43 bits per heavy atom. The van der Waals surface area contributed by atoms with Gasteiger partial charge < -0.3 is 0 Å². The van der Waals surface area contributed by atoms with Crippen molar-refractivity contribution >= 4 is 0 Å². The average molecular weight is 183 g/mol. The first-order valence-corrected chi connectivity index (χ1v) is 5.06. The highest BCUT2D eigenvalue weighted by Gasteiger charge is 2.10. The van der Waals surface area contributed by atoms with Gasteiger partial charge in [0.05, 0.1) is 6.07 Å². The predicted molar refractivity (Wildman–Crippen MR) is 57.5 cm³/mol. The average Bonchev–Trinajstić information content (AvgIpc) is 2.30. The van der Waals surface area contributed by atoms with Crippen LogP contribution in [0.25, 0.3) is 0 Å². The minimum atomic E-state index is 0.903. The maximum absolute atomic E-state index is 8.71. The molecule has 1 heteroatoms. The van der Waals surface area contributed by atoms with Gasteiger partial charge >= 0.3 is 0 Å². The SMILES string of the molecule is N#CC1=CC=C(C2=CC=CCC2)CC1. The highest BCUT2D eigenvalue weighted by atomic mass is 14.3. The van der Waals surface area contributed by atoms with Gasteiger partial charge in [-0.1, -0.05) is 24.3 Å². The molecule has 1 nitrogen and oxygen atoms in total. The molecule has 0 aliphatic heterocycles. The summed E-state index contributed by atoms with van der Waals surface area (Å²) in [6.45, 7) is 0. The second kappa shape index (κ2) is 4.11. The molecule has 0 atom stereocenters. The number of nitrogens with zero attached hydrogens (tertiary/aromatic N) is 1. The Labute approximate surface area is 84.7 Å². The van der Waals surface area contributed by atoms with Crippen molar-refractivity contribution in [2.45, 2.75) is 25.7 Å². The number of nitriles is 1. The van der Waals surface area contributed by atoms with Gasteiger partial charge in [0.2, 0.25) is 0 Å². The van der Waals surface area contributed by atoms with Gasteiger partial charge in [-0.2, -0.15) is 5.26 Å². The fourth-order valence-electron chi connectivity index (χ4n) is 1.87. The zero-order chi connectivity index (χ0) is 9.80. The van der Waals surface area contributed by atoms with Crippen molar-refractivity contribution in [3.05, 3.63) is 47.1 Å². The fourth-order valence-corrected chi connectivity index (χ4v) is 1.87. The topological polar surface area (TPSA) is 23.8 Å². The summed E-state index contributed by atoms with van der Waals surface area (Å²) < 4.78 is 0. The van der Waals surface area contributed by atoms with Crippen LogP contribution in [0.1, 0.15) is 25.7 Å². The lowest BCUT2D eigenvalue weighted by molar-refractivity contribution is 0.883. The van der Waals surface area contributed by atoms with Gasteiger partial charge in [-0.25, -0.2) is 0 Å². The molecule has 0 aromatic rings. The van der Waals surface area contributed by atoms with Crippen LogP contribution >= 0.6 is 0 Å². The first kappa shape index (κ1) is 9.02. The molecule has 0 saturated heterocycles. The van der Waals surface area contributed by atoms with E-state index in [0.29, 0.717) is 0 Å². The summed E-state index contributed by atoms with van der Waals surface area (Å²) in [6, 6.07) is 2.21. The summed E-state index contributed by atoms with van der Waals surface area (Å²) in [4.78, 5) is 0. The molecule has 14 heavy (non-hydrogen) atoms. The number of rotatable bonds is 1. The predicted octanol–water partition coefficient (Wildman–Crippen LogP) is 3.43. The highest BCUT2D eigenvalue weighted by molar-refractivity contribution is 5.43. The third-order valence-corrected chi connectivity index (χ3v) is 2.72. The number of allylic oxidation sites excluding steroid dienone is 8. The van der Waals surface area contributed by atoms with Crippen LogP contribution in [-0.2, 0) is 0 Å². The Morgan fingerprint density at radius 2 is 1.86 bits per heavy atom.